The lowest BCUT2D eigenvalue weighted by Crippen LogP contribution is -2.40. The monoisotopic (exact) mass is 1340 g/mol. The summed E-state index contributed by atoms with van der Waals surface area (Å²) >= 11 is 0. The van der Waals surface area contributed by atoms with E-state index in [1.54, 1.807) is 0 Å². The van der Waals surface area contributed by atoms with Gasteiger partial charge in [0.25, 0.3) is 6.29 Å². The third-order valence-electron chi connectivity index (χ3n) is 16.2. The molecule has 0 spiro atoms. The standard InChI is InChI=1S/C88H143NO8/c1-6-8-10-12-14-16-18-20-22-24-26-28-30-32-34-36-38-40-42-43-45-47-49-51-53-55-57-59-61-63-65-67-69-71-73-75-77-79-86(91)97-84(83-96-88(87(92)93)94-81-80-89(3,4)5)82-95-85(90)78-76-74-72-70-68-66-64-62-60-58-56-54-52-50-48-46-44-41-39-37-35-33-31-29-27-25-23-21-19-17-15-13-11-9-7-2/h8-11,14-17,20-23,26-29,32-35,38,40,43,45,49,51,55,57,61,63,84,88H,6-7,12-13,18-19,24-25,30-31,36-37,39,41-42,44,46-48,50,52-54,56,58-60,62,64-83H2,1-5H3/p+1/b10-8-,11-9-,16-14-,17-15-,22-20-,23-21-,28-26-,29-27-,34-32-,35-33-,40-38-,45-43-,51-49-,57-55-,63-61-. The van der Waals surface area contributed by atoms with Crippen molar-refractivity contribution in [3.05, 3.63) is 182 Å². The summed E-state index contributed by atoms with van der Waals surface area (Å²) in [6.07, 6.45) is 113. The lowest BCUT2D eigenvalue weighted by atomic mass is 10.0. The molecule has 9 nitrogen and oxygen atoms in total. The van der Waals surface area contributed by atoms with E-state index in [1.165, 1.54) is 109 Å². The minimum Gasteiger partial charge on any atom is -0.477 e. The second-order valence-electron chi connectivity index (χ2n) is 26.6. The first kappa shape index (κ1) is 91.4. The Morgan fingerprint density at radius 2 is 0.557 bits per heavy atom. The number of hydrogen-bond donors (Lipinski definition) is 1. The van der Waals surface area contributed by atoms with Crippen molar-refractivity contribution in [2.24, 2.45) is 0 Å². The maximum Gasteiger partial charge on any atom is 0.361 e. The molecule has 0 saturated heterocycles. The third kappa shape index (κ3) is 77.6. The number of rotatable bonds is 70. The van der Waals surface area contributed by atoms with E-state index in [0.29, 0.717) is 23.9 Å². The van der Waals surface area contributed by atoms with E-state index in [9.17, 15) is 19.5 Å². The van der Waals surface area contributed by atoms with Crippen LogP contribution < -0.4 is 0 Å². The first-order valence-electron chi connectivity index (χ1n) is 38.9. The van der Waals surface area contributed by atoms with Gasteiger partial charge in [-0.2, -0.15) is 0 Å². The number of carbonyl (C=O) groups is 3. The highest BCUT2D eigenvalue weighted by molar-refractivity contribution is 5.71. The van der Waals surface area contributed by atoms with E-state index in [4.69, 9.17) is 18.9 Å². The van der Waals surface area contributed by atoms with Gasteiger partial charge in [-0.25, -0.2) is 4.79 Å². The van der Waals surface area contributed by atoms with Gasteiger partial charge in [0, 0.05) is 12.8 Å². The zero-order chi connectivity index (χ0) is 70.4. The molecule has 2 atom stereocenters. The molecule has 0 rings (SSSR count). The minimum atomic E-state index is -1.53. The second-order valence-corrected chi connectivity index (χ2v) is 26.6. The molecule has 0 bridgehead atoms. The molecule has 2 unspecified atom stereocenters. The molecule has 0 aromatic heterocycles. The van der Waals surface area contributed by atoms with Crippen LogP contribution in [0.15, 0.2) is 182 Å². The zero-order valence-electron chi connectivity index (χ0n) is 62.7. The topological polar surface area (TPSA) is 108 Å². The highest BCUT2D eigenvalue weighted by Crippen LogP contribution is 2.17. The van der Waals surface area contributed by atoms with E-state index in [1.807, 2.05) is 21.1 Å². The van der Waals surface area contributed by atoms with E-state index in [2.05, 4.69) is 196 Å². The average Bonchev–Trinajstić information content (AvgIpc) is 3.11. The van der Waals surface area contributed by atoms with Crippen LogP contribution in [0.5, 0.6) is 0 Å². The van der Waals surface area contributed by atoms with Crippen molar-refractivity contribution in [2.75, 3.05) is 47.5 Å². The summed E-state index contributed by atoms with van der Waals surface area (Å²) in [7, 11) is 5.97. The van der Waals surface area contributed by atoms with Gasteiger partial charge in [0.1, 0.15) is 13.2 Å². The number of aliphatic carboxylic acids is 1. The van der Waals surface area contributed by atoms with Crippen LogP contribution in [-0.2, 0) is 33.3 Å². The van der Waals surface area contributed by atoms with Crippen molar-refractivity contribution >= 4 is 17.9 Å². The molecule has 0 aromatic carbocycles. The van der Waals surface area contributed by atoms with Gasteiger partial charge < -0.3 is 28.5 Å². The van der Waals surface area contributed by atoms with Gasteiger partial charge in [-0.3, -0.25) is 9.59 Å². The van der Waals surface area contributed by atoms with Crippen LogP contribution in [0.25, 0.3) is 0 Å². The second kappa shape index (κ2) is 76.1. The minimum absolute atomic E-state index is 0.177. The molecule has 0 heterocycles. The Balaban J connectivity index is 4.14. The number of ether oxygens (including phenoxy) is 4. The summed E-state index contributed by atoms with van der Waals surface area (Å²) < 4.78 is 23.0. The number of nitrogens with zero attached hydrogens (tertiary/aromatic N) is 1. The van der Waals surface area contributed by atoms with Crippen molar-refractivity contribution in [1.82, 2.24) is 0 Å². The predicted octanol–water partition coefficient (Wildman–Crippen LogP) is 25.1. The number of hydrogen-bond acceptors (Lipinski definition) is 7. The van der Waals surface area contributed by atoms with Crippen LogP contribution in [0.2, 0.25) is 0 Å². The number of carboxylic acids is 1. The predicted molar refractivity (Wildman–Crippen MR) is 419 cm³/mol. The van der Waals surface area contributed by atoms with Crippen LogP contribution in [0, 0.1) is 0 Å². The lowest BCUT2D eigenvalue weighted by molar-refractivity contribution is -0.870. The fraction of sp³-hybridized carbons (Fsp3) is 0.625. The fourth-order valence-electron chi connectivity index (χ4n) is 10.3. The Bertz CT molecular complexity index is 2260. The number of carbonyl (C=O) groups excluding carboxylic acids is 2. The van der Waals surface area contributed by atoms with Crippen LogP contribution in [0.4, 0.5) is 0 Å². The summed E-state index contributed by atoms with van der Waals surface area (Å²) in [5.41, 5.74) is 0. The molecule has 0 radical (unpaired) electrons. The van der Waals surface area contributed by atoms with Gasteiger partial charge in [0.15, 0.2) is 6.10 Å². The van der Waals surface area contributed by atoms with E-state index >= 15 is 0 Å². The first-order chi connectivity index (χ1) is 47.6. The Labute approximate surface area is 596 Å². The van der Waals surface area contributed by atoms with E-state index in [-0.39, 0.29) is 32.2 Å². The van der Waals surface area contributed by atoms with E-state index < -0.39 is 24.3 Å². The number of allylic oxidation sites excluding steroid dienone is 30. The molecule has 97 heavy (non-hydrogen) atoms. The molecule has 0 aliphatic carbocycles. The van der Waals surface area contributed by atoms with E-state index in [0.717, 1.165) is 154 Å². The van der Waals surface area contributed by atoms with Gasteiger partial charge in [-0.05, 0) is 135 Å². The summed E-state index contributed by atoms with van der Waals surface area (Å²) in [6.45, 7) is 4.63. The summed E-state index contributed by atoms with van der Waals surface area (Å²) in [5, 5.41) is 9.77. The Hall–Kier alpha value is -5.61. The normalized spacial score (nSPS) is 13.7. The summed E-state index contributed by atoms with van der Waals surface area (Å²) in [6, 6.07) is 0. The number of quaternary nitrogens is 1. The molecule has 0 aliphatic rings. The van der Waals surface area contributed by atoms with Gasteiger partial charge in [-0.15, -0.1) is 0 Å². The SMILES string of the molecule is CC/C=C\C/C=C\C/C=C\C/C=C\C/C=C\C/C=C\C/C=C\C/C=C\C/C=C\C/C=C\CCCCCCCCC(=O)OC(COC(=O)CCCCCCCCCCCCCCCCCCCCC/C=C\C/C=C\C/C=C\C/C=C\C/C=C\CC)COC(OCC[N+](C)(C)C)C(=O)O. The smallest absolute Gasteiger partial charge is 0.361 e. The van der Waals surface area contributed by atoms with Gasteiger partial charge in [-0.1, -0.05) is 331 Å². The Morgan fingerprint density at radius 3 is 0.825 bits per heavy atom. The van der Waals surface area contributed by atoms with Gasteiger partial charge in [0.2, 0.25) is 0 Å². The van der Waals surface area contributed by atoms with Crippen molar-refractivity contribution in [2.45, 2.75) is 309 Å². The molecule has 9 heteroatoms. The molecule has 0 aromatic rings. The van der Waals surface area contributed by atoms with Crippen LogP contribution in [0.3, 0.4) is 0 Å². The maximum atomic E-state index is 13.0. The molecule has 1 N–H and O–H groups in total. The Kier molecular flexibility index (Phi) is 71.7. The first-order valence-corrected chi connectivity index (χ1v) is 38.9. The van der Waals surface area contributed by atoms with Crippen molar-refractivity contribution in [3.8, 4) is 0 Å². The molecular formula is C88H144NO8+. The molecule has 0 amide bonds. The molecular weight excluding hydrogens is 1200 g/mol. The fourth-order valence-corrected chi connectivity index (χ4v) is 10.3. The lowest BCUT2D eigenvalue weighted by Gasteiger charge is -2.25. The van der Waals surface area contributed by atoms with Crippen LogP contribution >= 0.6 is 0 Å². The quantitative estimate of drug-likeness (QED) is 0.0211. The maximum absolute atomic E-state index is 13.0. The van der Waals surface area contributed by atoms with Crippen LogP contribution in [0.1, 0.15) is 296 Å². The largest absolute Gasteiger partial charge is 0.477 e. The summed E-state index contributed by atoms with van der Waals surface area (Å²) in [4.78, 5) is 37.7. The number of carboxylic acid groups (broad SMARTS) is 1. The zero-order valence-corrected chi connectivity index (χ0v) is 62.7. The Morgan fingerprint density at radius 1 is 0.309 bits per heavy atom. The highest BCUT2D eigenvalue weighted by Gasteiger charge is 2.25. The number of esters is 2. The number of likely N-dealkylation sites (N-methyl/N-ethyl adjacent to an activating group) is 1. The molecule has 0 saturated carbocycles. The average molecular weight is 1340 g/mol. The van der Waals surface area contributed by atoms with Gasteiger partial charge >= 0.3 is 17.9 Å². The molecule has 0 aliphatic heterocycles. The van der Waals surface area contributed by atoms with Gasteiger partial charge in [0.05, 0.1) is 34.4 Å². The molecule has 548 valence electrons. The van der Waals surface area contributed by atoms with Crippen molar-refractivity contribution in [3.63, 3.8) is 0 Å². The van der Waals surface area contributed by atoms with Crippen molar-refractivity contribution < 1.29 is 42.9 Å². The van der Waals surface area contributed by atoms with Crippen LogP contribution in [-0.4, -0.2) is 87.4 Å². The summed E-state index contributed by atoms with van der Waals surface area (Å²) in [5.74, 6) is -2.03. The number of unbranched alkanes of at least 4 members (excludes halogenated alkanes) is 25. The highest BCUT2D eigenvalue weighted by atomic mass is 16.7. The third-order valence-corrected chi connectivity index (χ3v) is 16.2. The molecule has 0 fully saturated rings. The van der Waals surface area contributed by atoms with Crippen molar-refractivity contribution in [1.29, 1.82) is 0 Å².